The third-order valence-electron chi connectivity index (χ3n) is 3.29. The lowest BCUT2D eigenvalue weighted by Gasteiger charge is -2.11. The fraction of sp³-hybridized carbons (Fsp3) is 0.600. The van der Waals surface area contributed by atoms with Gasteiger partial charge in [0.05, 0.1) is 13.2 Å². The van der Waals surface area contributed by atoms with Gasteiger partial charge in [0.25, 0.3) is 0 Å². The second kappa shape index (κ2) is 7.12. The Morgan fingerprint density at radius 2 is 2.30 bits per heavy atom. The Hall–Kier alpha value is -1.78. The van der Waals surface area contributed by atoms with Crippen LogP contribution in [0.5, 0.6) is 5.88 Å². The molecule has 20 heavy (non-hydrogen) atoms. The first kappa shape index (κ1) is 14.6. The summed E-state index contributed by atoms with van der Waals surface area (Å²) in [7, 11) is 0. The Balaban J connectivity index is 1.95. The molecule has 0 radical (unpaired) electrons. The summed E-state index contributed by atoms with van der Waals surface area (Å²) < 4.78 is 5.40. The van der Waals surface area contributed by atoms with Crippen LogP contribution in [0.1, 0.15) is 32.8 Å². The number of aliphatic imine (C=N–C) groups is 1. The van der Waals surface area contributed by atoms with E-state index in [0.717, 1.165) is 24.0 Å². The highest BCUT2D eigenvalue weighted by Gasteiger charge is 2.33. The number of rotatable bonds is 6. The average molecular weight is 276 g/mol. The summed E-state index contributed by atoms with van der Waals surface area (Å²) in [6.45, 7) is 8.40. The minimum Gasteiger partial charge on any atom is -0.478 e. The van der Waals surface area contributed by atoms with Crippen LogP contribution in [0, 0.1) is 5.92 Å². The number of guanidine groups is 1. The van der Waals surface area contributed by atoms with Crippen molar-refractivity contribution < 1.29 is 4.74 Å². The predicted octanol–water partition coefficient (Wildman–Crippen LogP) is 1.94. The summed E-state index contributed by atoms with van der Waals surface area (Å²) >= 11 is 0. The van der Waals surface area contributed by atoms with E-state index in [4.69, 9.17) is 4.74 Å². The Labute approximate surface area is 120 Å². The van der Waals surface area contributed by atoms with Crippen LogP contribution < -0.4 is 15.4 Å². The second-order valence-corrected chi connectivity index (χ2v) is 5.09. The van der Waals surface area contributed by atoms with Crippen LogP contribution in [-0.4, -0.2) is 30.1 Å². The SMILES string of the molecule is CCNC(=NCc1ccnc(OCC)c1)NC1CC1C. The van der Waals surface area contributed by atoms with E-state index in [-0.39, 0.29) is 0 Å². The third kappa shape index (κ3) is 4.40. The van der Waals surface area contributed by atoms with Gasteiger partial charge in [0.1, 0.15) is 0 Å². The maximum absolute atomic E-state index is 5.40. The molecule has 1 aromatic heterocycles. The molecule has 1 fully saturated rings. The van der Waals surface area contributed by atoms with Crippen molar-refractivity contribution in [2.75, 3.05) is 13.2 Å². The van der Waals surface area contributed by atoms with Crippen LogP contribution in [0.3, 0.4) is 0 Å². The van der Waals surface area contributed by atoms with E-state index in [9.17, 15) is 0 Å². The highest BCUT2D eigenvalue weighted by atomic mass is 16.5. The Kier molecular flexibility index (Phi) is 5.21. The molecule has 1 saturated carbocycles. The number of nitrogens with zero attached hydrogens (tertiary/aromatic N) is 2. The van der Waals surface area contributed by atoms with Crippen molar-refractivity contribution in [2.24, 2.45) is 10.9 Å². The summed E-state index contributed by atoms with van der Waals surface area (Å²) in [6.07, 6.45) is 2.99. The molecular weight excluding hydrogens is 252 g/mol. The van der Waals surface area contributed by atoms with E-state index in [1.807, 2.05) is 19.1 Å². The molecule has 5 heteroatoms. The largest absolute Gasteiger partial charge is 0.478 e. The molecule has 2 unspecified atom stereocenters. The van der Waals surface area contributed by atoms with E-state index in [2.05, 4.69) is 34.5 Å². The lowest BCUT2D eigenvalue weighted by Crippen LogP contribution is -2.39. The highest BCUT2D eigenvalue weighted by molar-refractivity contribution is 5.80. The average Bonchev–Trinajstić information content (AvgIpc) is 3.13. The zero-order valence-electron chi connectivity index (χ0n) is 12.5. The molecule has 0 amide bonds. The standard InChI is InChI=1S/C15H24N4O/c1-4-16-15(19-13-8-11(13)3)18-10-12-6-7-17-14(9-12)20-5-2/h6-7,9,11,13H,4-5,8,10H2,1-3H3,(H2,16,18,19). The third-order valence-corrected chi connectivity index (χ3v) is 3.29. The number of pyridine rings is 1. The van der Waals surface area contributed by atoms with Crippen LogP contribution in [-0.2, 0) is 6.54 Å². The molecule has 0 bridgehead atoms. The van der Waals surface area contributed by atoms with Crippen molar-refractivity contribution in [2.45, 2.75) is 39.8 Å². The summed E-state index contributed by atoms with van der Waals surface area (Å²) in [5.74, 6) is 2.30. The first-order valence-electron chi connectivity index (χ1n) is 7.35. The van der Waals surface area contributed by atoms with Gasteiger partial charge in [0, 0.05) is 24.8 Å². The molecule has 0 saturated heterocycles. The quantitative estimate of drug-likeness (QED) is 0.616. The van der Waals surface area contributed by atoms with Gasteiger partial charge in [-0.05, 0) is 37.8 Å². The van der Waals surface area contributed by atoms with Crippen molar-refractivity contribution in [1.82, 2.24) is 15.6 Å². The summed E-state index contributed by atoms with van der Waals surface area (Å²) in [5.41, 5.74) is 1.10. The molecule has 1 aliphatic carbocycles. The highest BCUT2D eigenvalue weighted by Crippen LogP contribution is 2.28. The molecule has 0 aliphatic heterocycles. The Bertz CT molecular complexity index is 461. The van der Waals surface area contributed by atoms with Crippen molar-refractivity contribution in [3.8, 4) is 5.88 Å². The van der Waals surface area contributed by atoms with E-state index in [1.54, 1.807) is 6.20 Å². The van der Waals surface area contributed by atoms with Crippen molar-refractivity contribution in [1.29, 1.82) is 0 Å². The first-order chi connectivity index (χ1) is 9.72. The van der Waals surface area contributed by atoms with E-state index < -0.39 is 0 Å². The zero-order chi connectivity index (χ0) is 14.4. The molecule has 2 rings (SSSR count). The van der Waals surface area contributed by atoms with Gasteiger partial charge in [-0.1, -0.05) is 6.92 Å². The minimum atomic E-state index is 0.573. The van der Waals surface area contributed by atoms with Gasteiger partial charge in [0.15, 0.2) is 5.96 Å². The van der Waals surface area contributed by atoms with Crippen molar-refractivity contribution in [3.05, 3.63) is 23.9 Å². The molecule has 0 aromatic carbocycles. The zero-order valence-corrected chi connectivity index (χ0v) is 12.5. The van der Waals surface area contributed by atoms with E-state index in [0.29, 0.717) is 25.1 Å². The van der Waals surface area contributed by atoms with Gasteiger partial charge in [-0.2, -0.15) is 0 Å². The van der Waals surface area contributed by atoms with Crippen LogP contribution in [0.25, 0.3) is 0 Å². The van der Waals surface area contributed by atoms with Gasteiger partial charge < -0.3 is 15.4 Å². The molecule has 1 aromatic rings. The smallest absolute Gasteiger partial charge is 0.213 e. The lowest BCUT2D eigenvalue weighted by molar-refractivity contribution is 0.326. The number of aromatic nitrogens is 1. The number of hydrogen-bond donors (Lipinski definition) is 2. The molecule has 0 spiro atoms. The first-order valence-corrected chi connectivity index (χ1v) is 7.35. The van der Waals surface area contributed by atoms with Crippen LogP contribution in [0.2, 0.25) is 0 Å². The maximum atomic E-state index is 5.40. The molecule has 1 heterocycles. The van der Waals surface area contributed by atoms with Gasteiger partial charge in [-0.15, -0.1) is 0 Å². The van der Waals surface area contributed by atoms with Gasteiger partial charge in [-0.3, -0.25) is 0 Å². The molecule has 2 N–H and O–H groups in total. The van der Waals surface area contributed by atoms with Gasteiger partial charge >= 0.3 is 0 Å². The molecular formula is C15H24N4O. The van der Waals surface area contributed by atoms with Crippen LogP contribution >= 0.6 is 0 Å². The number of ether oxygens (including phenoxy) is 1. The van der Waals surface area contributed by atoms with Crippen LogP contribution in [0.15, 0.2) is 23.3 Å². The Morgan fingerprint density at radius 3 is 2.95 bits per heavy atom. The maximum Gasteiger partial charge on any atom is 0.213 e. The predicted molar refractivity (Wildman–Crippen MR) is 80.9 cm³/mol. The molecule has 5 nitrogen and oxygen atoms in total. The lowest BCUT2D eigenvalue weighted by atomic mass is 10.3. The fourth-order valence-electron chi connectivity index (χ4n) is 1.96. The van der Waals surface area contributed by atoms with Crippen molar-refractivity contribution in [3.63, 3.8) is 0 Å². The van der Waals surface area contributed by atoms with E-state index in [1.165, 1.54) is 6.42 Å². The van der Waals surface area contributed by atoms with Crippen LogP contribution in [0.4, 0.5) is 0 Å². The monoisotopic (exact) mass is 276 g/mol. The van der Waals surface area contributed by atoms with E-state index >= 15 is 0 Å². The molecule has 1 aliphatic rings. The molecule has 110 valence electrons. The summed E-state index contributed by atoms with van der Waals surface area (Å²) in [6, 6.07) is 4.48. The fourth-order valence-corrected chi connectivity index (χ4v) is 1.96. The topological polar surface area (TPSA) is 58.5 Å². The number of nitrogens with one attached hydrogen (secondary N) is 2. The minimum absolute atomic E-state index is 0.573. The number of hydrogen-bond acceptors (Lipinski definition) is 3. The summed E-state index contributed by atoms with van der Waals surface area (Å²) in [4.78, 5) is 8.77. The normalized spacial score (nSPS) is 21.4. The molecule has 2 atom stereocenters. The summed E-state index contributed by atoms with van der Waals surface area (Å²) in [5, 5.41) is 6.72. The van der Waals surface area contributed by atoms with Gasteiger partial charge in [0.2, 0.25) is 5.88 Å². The second-order valence-electron chi connectivity index (χ2n) is 5.09. The Morgan fingerprint density at radius 1 is 1.50 bits per heavy atom. The van der Waals surface area contributed by atoms with Crippen molar-refractivity contribution >= 4 is 5.96 Å². The van der Waals surface area contributed by atoms with Gasteiger partial charge in [-0.25, -0.2) is 9.98 Å².